The molecule has 4 nitrogen and oxygen atoms in total. The van der Waals surface area contributed by atoms with Gasteiger partial charge < -0.3 is 5.32 Å². The second-order valence-electron chi connectivity index (χ2n) is 3.66. The van der Waals surface area contributed by atoms with Crippen LogP contribution in [0.2, 0.25) is 0 Å². The number of carbonyl (C=O) groups excluding carboxylic acids is 1. The Kier molecular flexibility index (Phi) is 4.72. The molecule has 6 heteroatoms. The summed E-state index contributed by atoms with van der Waals surface area (Å²) in [5.41, 5.74) is 1.30. The molecule has 2 rings (SSSR count). The minimum atomic E-state index is -0.116. The number of benzene rings is 1. The number of nitrogens with one attached hydrogen (secondary N) is 1. The molecule has 1 amide bonds. The van der Waals surface area contributed by atoms with Crippen LogP contribution in [0.4, 0.5) is 5.13 Å². The van der Waals surface area contributed by atoms with Crippen LogP contribution in [-0.2, 0) is 16.3 Å². The minimum Gasteiger partial charge on any atom is -0.301 e. The summed E-state index contributed by atoms with van der Waals surface area (Å²) in [4.78, 5) is 10.8. The van der Waals surface area contributed by atoms with Gasteiger partial charge in [0.1, 0.15) is 5.01 Å². The Labute approximate surface area is 114 Å². The molecule has 0 radical (unpaired) electrons. The van der Waals surface area contributed by atoms with Crippen LogP contribution in [0.1, 0.15) is 17.5 Å². The number of thioether (sulfide) groups is 1. The average molecular weight is 279 g/mol. The second kappa shape index (κ2) is 6.51. The van der Waals surface area contributed by atoms with E-state index in [0.717, 1.165) is 16.5 Å². The van der Waals surface area contributed by atoms with Crippen LogP contribution < -0.4 is 5.32 Å². The monoisotopic (exact) mass is 279 g/mol. The lowest BCUT2D eigenvalue weighted by atomic mass is 10.2. The number of nitrogens with zero attached hydrogens (tertiary/aromatic N) is 2. The number of hydrogen-bond acceptors (Lipinski definition) is 5. The number of anilines is 1. The Hall–Kier alpha value is -1.40. The van der Waals surface area contributed by atoms with Gasteiger partial charge in [0.25, 0.3) is 0 Å². The highest BCUT2D eigenvalue weighted by Crippen LogP contribution is 2.22. The number of carbonyl (C=O) groups is 1. The average Bonchev–Trinajstić information content (AvgIpc) is 2.77. The zero-order valence-corrected chi connectivity index (χ0v) is 11.6. The van der Waals surface area contributed by atoms with Crippen molar-refractivity contribution >= 4 is 34.1 Å². The van der Waals surface area contributed by atoms with Crippen LogP contribution >= 0.6 is 23.1 Å². The van der Waals surface area contributed by atoms with E-state index in [-0.39, 0.29) is 5.91 Å². The Bertz CT molecular complexity index is 513. The minimum absolute atomic E-state index is 0.116. The van der Waals surface area contributed by atoms with Crippen molar-refractivity contribution in [3.8, 4) is 0 Å². The summed E-state index contributed by atoms with van der Waals surface area (Å²) >= 11 is 3.21. The fourth-order valence-corrected chi connectivity index (χ4v) is 3.17. The molecule has 1 aromatic heterocycles. The maximum atomic E-state index is 10.8. The van der Waals surface area contributed by atoms with Crippen molar-refractivity contribution in [2.75, 3.05) is 5.32 Å². The zero-order valence-electron chi connectivity index (χ0n) is 9.92. The standard InChI is InChI=1S/C12H13N3OS2/c1-9(16)13-12-15-14-11(18-12)8-17-7-10-5-3-2-4-6-10/h2-6H,7-8H2,1H3,(H,13,15,16). The highest BCUT2D eigenvalue weighted by molar-refractivity contribution is 7.97. The molecule has 0 bridgehead atoms. The van der Waals surface area contributed by atoms with Crippen molar-refractivity contribution in [2.45, 2.75) is 18.4 Å². The van der Waals surface area contributed by atoms with Gasteiger partial charge in [-0.05, 0) is 5.56 Å². The van der Waals surface area contributed by atoms with Crippen molar-refractivity contribution in [1.82, 2.24) is 10.2 Å². The Morgan fingerprint density at radius 1 is 1.28 bits per heavy atom. The summed E-state index contributed by atoms with van der Waals surface area (Å²) in [6.45, 7) is 1.46. The SMILES string of the molecule is CC(=O)Nc1nnc(CSCc2ccccc2)s1. The van der Waals surface area contributed by atoms with Crippen molar-refractivity contribution in [3.05, 3.63) is 40.9 Å². The first-order valence-electron chi connectivity index (χ1n) is 5.45. The molecule has 94 valence electrons. The third kappa shape index (κ3) is 4.12. The predicted octanol–water partition coefficient (Wildman–Crippen LogP) is 2.93. The fraction of sp³-hybridized carbons (Fsp3) is 0.250. The normalized spacial score (nSPS) is 10.3. The lowest BCUT2D eigenvalue weighted by Crippen LogP contribution is -2.04. The fourth-order valence-electron chi connectivity index (χ4n) is 1.34. The lowest BCUT2D eigenvalue weighted by Gasteiger charge is -1.98. The van der Waals surface area contributed by atoms with E-state index in [9.17, 15) is 4.79 Å². The van der Waals surface area contributed by atoms with Gasteiger partial charge in [-0.25, -0.2) is 0 Å². The third-order valence-corrected chi connectivity index (χ3v) is 4.12. The number of amides is 1. The summed E-state index contributed by atoms with van der Waals surface area (Å²) in [6.07, 6.45) is 0. The molecule has 0 aliphatic rings. The predicted molar refractivity (Wildman–Crippen MR) is 75.7 cm³/mol. The molecular weight excluding hydrogens is 266 g/mol. The van der Waals surface area contributed by atoms with Crippen molar-refractivity contribution in [2.24, 2.45) is 0 Å². The van der Waals surface area contributed by atoms with E-state index in [1.165, 1.54) is 23.8 Å². The van der Waals surface area contributed by atoms with E-state index in [1.54, 1.807) is 11.8 Å². The summed E-state index contributed by atoms with van der Waals surface area (Å²) in [5, 5.41) is 12.1. The van der Waals surface area contributed by atoms with Crippen LogP contribution in [0.15, 0.2) is 30.3 Å². The molecule has 1 heterocycles. The van der Waals surface area contributed by atoms with Gasteiger partial charge in [0.15, 0.2) is 0 Å². The largest absolute Gasteiger partial charge is 0.301 e. The molecule has 0 saturated heterocycles. The molecule has 0 aliphatic heterocycles. The van der Waals surface area contributed by atoms with Gasteiger partial charge >= 0.3 is 0 Å². The molecular formula is C12H13N3OS2. The van der Waals surface area contributed by atoms with Crippen LogP contribution in [0.3, 0.4) is 0 Å². The van der Waals surface area contributed by atoms with Gasteiger partial charge in [0.05, 0.1) is 0 Å². The van der Waals surface area contributed by atoms with Gasteiger partial charge in [-0.15, -0.1) is 22.0 Å². The molecule has 0 spiro atoms. The van der Waals surface area contributed by atoms with Gasteiger partial charge in [-0.2, -0.15) is 0 Å². The van der Waals surface area contributed by atoms with Gasteiger partial charge in [-0.3, -0.25) is 4.79 Å². The molecule has 1 aromatic carbocycles. The Morgan fingerprint density at radius 2 is 2.06 bits per heavy atom. The van der Waals surface area contributed by atoms with Crippen molar-refractivity contribution in [3.63, 3.8) is 0 Å². The van der Waals surface area contributed by atoms with Crippen molar-refractivity contribution < 1.29 is 4.79 Å². The van der Waals surface area contributed by atoms with Crippen LogP contribution in [0.5, 0.6) is 0 Å². The number of rotatable bonds is 5. The molecule has 18 heavy (non-hydrogen) atoms. The zero-order chi connectivity index (χ0) is 12.8. The summed E-state index contributed by atoms with van der Waals surface area (Å²) in [7, 11) is 0. The first kappa shape index (κ1) is 13.0. The summed E-state index contributed by atoms with van der Waals surface area (Å²) < 4.78 is 0. The van der Waals surface area contributed by atoms with E-state index in [2.05, 4.69) is 27.6 Å². The van der Waals surface area contributed by atoms with Gasteiger partial charge in [-0.1, -0.05) is 41.7 Å². The first-order valence-corrected chi connectivity index (χ1v) is 7.43. The lowest BCUT2D eigenvalue weighted by molar-refractivity contribution is -0.114. The Morgan fingerprint density at radius 3 is 2.78 bits per heavy atom. The highest BCUT2D eigenvalue weighted by Gasteiger charge is 2.05. The van der Waals surface area contributed by atoms with E-state index >= 15 is 0 Å². The quantitative estimate of drug-likeness (QED) is 0.914. The van der Waals surface area contributed by atoms with E-state index in [1.807, 2.05) is 18.2 Å². The Balaban J connectivity index is 1.80. The van der Waals surface area contributed by atoms with E-state index < -0.39 is 0 Å². The molecule has 0 fully saturated rings. The molecule has 0 unspecified atom stereocenters. The van der Waals surface area contributed by atoms with Crippen LogP contribution in [0.25, 0.3) is 0 Å². The van der Waals surface area contributed by atoms with E-state index in [4.69, 9.17) is 0 Å². The summed E-state index contributed by atoms with van der Waals surface area (Å²) in [6, 6.07) is 10.3. The second-order valence-corrected chi connectivity index (χ2v) is 5.71. The molecule has 1 N–H and O–H groups in total. The molecule has 2 aromatic rings. The molecule has 0 atom stereocenters. The van der Waals surface area contributed by atoms with E-state index in [0.29, 0.717) is 5.13 Å². The van der Waals surface area contributed by atoms with Crippen molar-refractivity contribution in [1.29, 1.82) is 0 Å². The maximum Gasteiger partial charge on any atom is 0.223 e. The maximum absolute atomic E-state index is 10.8. The van der Waals surface area contributed by atoms with Crippen LogP contribution in [-0.4, -0.2) is 16.1 Å². The number of aromatic nitrogens is 2. The first-order chi connectivity index (χ1) is 8.74. The molecule has 0 saturated carbocycles. The third-order valence-electron chi connectivity index (χ3n) is 2.09. The van der Waals surface area contributed by atoms with Gasteiger partial charge in [0, 0.05) is 18.4 Å². The topological polar surface area (TPSA) is 54.9 Å². The number of hydrogen-bond donors (Lipinski definition) is 1. The smallest absolute Gasteiger partial charge is 0.223 e. The van der Waals surface area contributed by atoms with Crippen LogP contribution in [0, 0.1) is 0 Å². The molecule has 0 aliphatic carbocycles. The van der Waals surface area contributed by atoms with Gasteiger partial charge in [0.2, 0.25) is 11.0 Å². The highest BCUT2D eigenvalue weighted by atomic mass is 32.2. The summed E-state index contributed by atoms with van der Waals surface area (Å²) in [5.74, 6) is 1.65.